The first-order chi connectivity index (χ1) is 8.20. The van der Waals surface area contributed by atoms with Gasteiger partial charge in [0.15, 0.2) is 0 Å². The first-order valence-corrected chi connectivity index (χ1v) is 5.61. The Morgan fingerprint density at radius 1 is 1.28 bits per heavy atom. The molecule has 0 radical (unpaired) electrons. The van der Waals surface area contributed by atoms with Crippen LogP contribution in [0.5, 0.6) is 0 Å². The number of alkyl halides is 3. The van der Waals surface area contributed by atoms with Crippen molar-refractivity contribution in [2.45, 2.75) is 56.0 Å². The fourth-order valence-corrected chi connectivity index (χ4v) is 2.10. The van der Waals surface area contributed by atoms with Gasteiger partial charge in [-0.05, 0) is 6.42 Å². The molecule has 1 aliphatic rings. The number of rotatable bonds is 3. The van der Waals surface area contributed by atoms with Crippen LogP contribution in [0, 0.1) is 0 Å². The Hall–Kier alpha value is -0.410. The van der Waals surface area contributed by atoms with Gasteiger partial charge >= 0.3 is 6.18 Å². The largest absolute Gasteiger partial charge is 0.422 e. The van der Waals surface area contributed by atoms with E-state index in [1.165, 1.54) is 0 Å². The lowest BCUT2D eigenvalue weighted by Crippen LogP contribution is -2.72. The monoisotopic (exact) mass is 274 g/mol. The molecule has 0 saturated carbocycles. The van der Waals surface area contributed by atoms with E-state index >= 15 is 0 Å². The molecule has 0 spiro atoms. The molecule has 108 valence electrons. The van der Waals surface area contributed by atoms with Gasteiger partial charge in [0, 0.05) is 0 Å². The van der Waals surface area contributed by atoms with Crippen LogP contribution < -0.4 is 0 Å². The fraction of sp³-hybridized carbons (Fsp3) is 1.00. The summed E-state index contributed by atoms with van der Waals surface area (Å²) in [6, 6.07) is 0. The van der Waals surface area contributed by atoms with Gasteiger partial charge in [0.2, 0.25) is 5.60 Å². The molecule has 1 heterocycles. The van der Waals surface area contributed by atoms with Crippen molar-refractivity contribution in [1.29, 1.82) is 0 Å². The second kappa shape index (κ2) is 5.30. The van der Waals surface area contributed by atoms with Crippen LogP contribution >= 0.6 is 0 Å². The second-order valence-corrected chi connectivity index (χ2v) is 4.39. The van der Waals surface area contributed by atoms with Crippen LogP contribution in [-0.2, 0) is 4.74 Å². The van der Waals surface area contributed by atoms with Gasteiger partial charge in [-0.3, -0.25) is 0 Å². The Kier molecular flexibility index (Phi) is 4.60. The minimum absolute atomic E-state index is 0.156. The number of aliphatic hydroxyl groups excluding tert-OH is 3. The van der Waals surface area contributed by atoms with Crippen LogP contribution in [0.2, 0.25) is 0 Å². The van der Waals surface area contributed by atoms with Crippen molar-refractivity contribution in [3.8, 4) is 0 Å². The van der Waals surface area contributed by atoms with Crippen LogP contribution in [0.15, 0.2) is 0 Å². The van der Waals surface area contributed by atoms with E-state index in [1.807, 2.05) is 0 Å². The molecule has 0 aliphatic carbocycles. The molecule has 1 saturated heterocycles. The van der Waals surface area contributed by atoms with Gasteiger partial charge in [-0.15, -0.1) is 0 Å². The molecule has 1 rings (SSSR count). The lowest BCUT2D eigenvalue weighted by atomic mass is 9.80. The van der Waals surface area contributed by atoms with Gasteiger partial charge < -0.3 is 25.2 Å². The molecule has 5 nitrogen and oxygen atoms in total. The third kappa shape index (κ3) is 2.35. The predicted molar refractivity (Wildman–Crippen MR) is 53.7 cm³/mol. The Balaban J connectivity index is 3.11. The van der Waals surface area contributed by atoms with Crippen LogP contribution in [0.4, 0.5) is 13.2 Å². The summed E-state index contributed by atoms with van der Waals surface area (Å²) in [5, 5.41) is 37.5. The first kappa shape index (κ1) is 15.6. The average molecular weight is 274 g/mol. The summed E-state index contributed by atoms with van der Waals surface area (Å²) in [7, 11) is 0. The summed E-state index contributed by atoms with van der Waals surface area (Å²) in [6.45, 7) is 0.845. The highest BCUT2D eigenvalue weighted by Gasteiger charge is 2.68. The molecule has 0 aromatic carbocycles. The molecule has 0 amide bonds. The molecule has 0 aromatic rings. The van der Waals surface area contributed by atoms with E-state index in [2.05, 4.69) is 0 Å². The minimum atomic E-state index is -5.15. The second-order valence-electron chi connectivity index (χ2n) is 4.39. The third-order valence-electron chi connectivity index (χ3n) is 3.17. The summed E-state index contributed by atoms with van der Waals surface area (Å²) in [6.07, 6.45) is -12.6. The van der Waals surface area contributed by atoms with E-state index in [0.29, 0.717) is 0 Å². The van der Waals surface area contributed by atoms with Gasteiger partial charge in [-0.2, -0.15) is 13.2 Å². The van der Waals surface area contributed by atoms with Gasteiger partial charge in [0.1, 0.15) is 18.3 Å². The highest BCUT2D eigenvalue weighted by Crippen LogP contribution is 2.43. The van der Waals surface area contributed by atoms with Crippen LogP contribution in [0.1, 0.15) is 19.8 Å². The summed E-state index contributed by atoms with van der Waals surface area (Å²) in [5.41, 5.74) is -3.53. The molecule has 5 unspecified atom stereocenters. The number of halogens is 3. The van der Waals surface area contributed by atoms with Crippen molar-refractivity contribution in [3.05, 3.63) is 0 Å². The molecule has 5 atom stereocenters. The predicted octanol–water partition coefficient (Wildman–Crippen LogP) is -0.439. The summed E-state index contributed by atoms with van der Waals surface area (Å²) in [5.74, 6) is 0. The maximum Gasteiger partial charge on any atom is 0.422 e. The molecular weight excluding hydrogens is 257 g/mol. The third-order valence-corrected chi connectivity index (χ3v) is 3.17. The normalized spacial score (nSPS) is 42.0. The van der Waals surface area contributed by atoms with Crippen molar-refractivity contribution in [3.63, 3.8) is 0 Å². The fourth-order valence-electron chi connectivity index (χ4n) is 2.10. The molecule has 4 N–H and O–H groups in total. The minimum Gasteiger partial charge on any atom is -0.394 e. The highest BCUT2D eigenvalue weighted by molar-refractivity contribution is 5.07. The van der Waals surface area contributed by atoms with Gasteiger partial charge in [-0.25, -0.2) is 0 Å². The number of hydrogen-bond donors (Lipinski definition) is 4. The molecular formula is C10H17F3O5. The van der Waals surface area contributed by atoms with E-state index in [1.54, 1.807) is 6.92 Å². The van der Waals surface area contributed by atoms with Crippen molar-refractivity contribution >= 4 is 0 Å². The van der Waals surface area contributed by atoms with Crippen molar-refractivity contribution < 1.29 is 38.3 Å². The lowest BCUT2D eigenvalue weighted by Gasteiger charge is -2.48. The smallest absolute Gasteiger partial charge is 0.394 e. The zero-order chi connectivity index (χ0) is 14.1. The maximum atomic E-state index is 12.9. The molecule has 0 aromatic heterocycles. The molecule has 8 heteroatoms. The maximum absolute atomic E-state index is 12.9. The van der Waals surface area contributed by atoms with Crippen LogP contribution in [0.25, 0.3) is 0 Å². The number of ether oxygens (including phenoxy) is 1. The van der Waals surface area contributed by atoms with E-state index in [-0.39, 0.29) is 12.8 Å². The Morgan fingerprint density at radius 3 is 2.22 bits per heavy atom. The number of hydrogen-bond acceptors (Lipinski definition) is 5. The topological polar surface area (TPSA) is 90.2 Å². The quantitative estimate of drug-likeness (QED) is 0.560. The van der Waals surface area contributed by atoms with Crippen molar-refractivity contribution in [1.82, 2.24) is 0 Å². The van der Waals surface area contributed by atoms with E-state index in [9.17, 15) is 28.5 Å². The number of aliphatic hydroxyl groups is 4. The molecule has 1 fully saturated rings. The first-order valence-electron chi connectivity index (χ1n) is 5.61. The zero-order valence-electron chi connectivity index (χ0n) is 9.76. The zero-order valence-corrected chi connectivity index (χ0v) is 9.76. The summed E-state index contributed by atoms with van der Waals surface area (Å²) in [4.78, 5) is 0. The Morgan fingerprint density at radius 2 is 1.83 bits per heavy atom. The van der Waals surface area contributed by atoms with Crippen LogP contribution in [0.3, 0.4) is 0 Å². The van der Waals surface area contributed by atoms with Gasteiger partial charge in [0.05, 0.1) is 12.7 Å². The summed E-state index contributed by atoms with van der Waals surface area (Å²) < 4.78 is 43.5. The van der Waals surface area contributed by atoms with Gasteiger partial charge in [0.25, 0.3) is 0 Å². The lowest BCUT2D eigenvalue weighted by molar-refractivity contribution is -0.369. The Labute approximate surface area is 102 Å². The molecule has 0 bridgehead atoms. The van der Waals surface area contributed by atoms with E-state index in [0.717, 1.165) is 0 Å². The van der Waals surface area contributed by atoms with Crippen molar-refractivity contribution in [2.75, 3.05) is 6.61 Å². The average Bonchev–Trinajstić information content (AvgIpc) is 2.28. The summed E-state index contributed by atoms with van der Waals surface area (Å²) >= 11 is 0. The molecule has 18 heavy (non-hydrogen) atoms. The van der Waals surface area contributed by atoms with Crippen LogP contribution in [-0.4, -0.2) is 63.2 Å². The highest BCUT2D eigenvalue weighted by atomic mass is 19.4. The molecule has 1 aliphatic heterocycles. The SMILES string of the molecule is CCCC1OC(CO)C(O)C(O)C1(O)C(F)(F)F. The van der Waals surface area contributed by atoms with E-state index in [4.69, 9.17) is 9.84 Å². The van der Waals surface area contributed by atoms with Gasteiger partial charge in [-0.1, -0.05) is 13.3 Å². The van der Waals surface area contributed by atoms with E-state index < -0.39 is 42.8 Å². The standard InChI is InChI=1S/C10H17F3O5/c1-2-3-6-9(17,10(11,12)13)8(16)7(15)5(4-14)18-6/h5-8,14-17H,2-4H2,1H3. The van der Waals surface area contributed by atoms with Crippen molar-refractivity contribution in [2.24, 2.45) is 0 Å². The Bertz CT molecular complexity index is 285.